The number of benzene rings is 1. The van der Waals surface area contributed by atoms with Crippen LogP contribution >= 0.6 is 0 Å². The van der Waals surface area contributed by atoms with Gasteiger partial charge in [-0.15, -0.1) is 0 Å². The van der Waals surface area contributed by atoms with Crippen molar-refractivity contribution < 1.29 is 19.1 Å². The molecule has 0 aromatic heterocycles. The van der Waals surface area contributed by atoms with Gasteiger partial charge in [-0.3, -0.25) is 0 Å². The van der Waals surface area contributed by atoms with Crippen LogP contribution in [0, 0.1) is 5.82 Å². The summed E-state index contributed by atoms with van der Waals surface area (Å²) in [5.41, 5.74) is 6.33. The lowest BCUT2D eigenvalue weighted by atomic mass is 10.1. The molecule has 18 heavy (non-hydrogen) atoms. The topological polar surface area (TPSA) is 77.1 Å². The highest BCUT2D eigenvalue weighted by Crippen LogP contribution is 2.11. The number of hydrogen-bond donors (Lipinski definition) is 2. The van der Waals surface area contributed by atoms with Crippen molar-refractivity contribution in [1.82, 2.24) is 0 Å². The molecule has 3 N–H and O–H groups in total. The minimum absolute atomic E-state index is 0.0921. The summed E-state index contributed by atoms with van der Waals surface area (Å²) in [5.74, 6) is -0.599. The Labute approximate surface area is 105 Å². The summed E-state index contributed by atoms with van der Waals surface area (Å²) >= 11 is 0. The SMILES string of the molecule is COCC(C)OCc1cc(F)cc(/C(N)=N/O)c1. The fraction of sp³-hybridized carbons (Fsp3) is 0.417. The van der Waals surface area contributed by atoms with Gasteiger partial charge < -0.3 is 20.4 Å². The van der Waals surface area contributed by atoms with Crippen molar-refractivity contribution in [2.75, 3.05) is 13.7 Å². The molecule has 1 aromatic rings. The third-order valence-electron chi connectivity index (χ3n) is 2.30. The molecule has 0 heterocycles. The molecule has 0 saturated heterocycles. The van der Waals surface area contributed by atoms with E-state index in [-0.39, 0.29) is 18.5 Å². The Kier molecular flexibility index (Phi) is 5.54. The van der Waals surface area contributed by atoms with E-state index in [9.17, 15) is 4.39 Å². The lowest BCUT2D eigenvalue weighted by Crippen LogP contribution is -2.16. The smallest absolute Gasteiger partial charge is 0.170 e. The van der Waals surface area contributed by atoms with E-state index < -0.39 is 5.82 Å². The zero-order valence-electron chi connectivity index (χ0n) is 10.4. The Hall–Kier alpha value is -1.66. The molecule has 0 radical (unpaired) electrons. The highest BCUT2D eigenvalue weighted by atomic mass is 19.1. The Morgan fingerprint density at radius 2 is 2.22 bits per heavy atom. The fourth-order valence-electron chi connectivity index (χ4n) is 1.46. The minimum atomic E-state index is -0.461. The van der Waals surface area contributed by atoms with Gasteiger partial charge in [0.1, 0.15) is 5.82 Å². The van der Waals surface area contributed by atoms with Gasteiger partial charge in [-0.05, 0) is 30.7 Å². The molecular formula is C12H17FN2O3. The van der Waals surface area contributed by atoms with Crippen LogP contribution in [-0.2, 0) is 16.1 Å². The number of oxime groups is 1. The van der Waals surface area contributed by atoms with Crippen LogP contribution in [0.3, 0.4) is 0 Å². The maximum Gasteiger partial charge on any atom is 0.170 e. The third-order valence-corrected chi connectivity index (χ3v) is 2.30. The number of ether oxygens (including phenoxy) is 2. The lowest BCUT2D eigenvalue weighted by Gasteiger charge is -2.12. The highest BCUT2D eigenvalue weighted by Gasteiger charge is 2.07. The molecular weight excluding hydrogens is 239 g/mol. The second kappa shape index (κ2) is 6.93. The summed E-state index contributed by atoms with van der Waals surface area (Å²) in [4.78, 5) is 0. The quantitative estimate of drug-likeness (QED) is 0.350. The van der Waals surface area contributed by atoms with Crippen LogP contribution in [0.15, 0.2) is 23.4 Å². The summed E-state index contributed by atoms with van der Waals surface area (Å²) in [5, 5.41) is 11.4. The number of hydrogen-bond acceptors (Lipinski definition) is 4. The van der Waals surface area contributed by atoms with Crippen molar-refractivity contribution in [3.8, 4) is 0 Å². The van der Waals surface area contributed by atoms with E-state index >= 15 is 0 Å². The van der Waals surface area contributed by atoms with E-state index in [0.717, 1.165) is 0 Å². The fourth-order valence-corrected chi connectivity index (χ4v) is 1.46. The first-order valence-electron chi connectivity index (χ1n) is 5.44. The molecule has 0 bridgehead atoms. The molecule has 1 unspecified atom stereocenters. The maximum atomic E-state index is 13.3. The first-order valence-corrected chi connectivity index (χ1v) is 5.44. The second-order valence-electron chi connectivity index (χ2n) is 3.91. The second-order valence-corrected chi connectivity index (χ2v) is 3.91. The Morgan fingerprint density at radius 3 is 2.83 bits per heavy atom. The number of nitrogens with zero attached hydrogens (tertiary/aromatic N) is 1. The number of halogens is 1. The third kappa shape index (κ3) is 4.31. The molecule has 0 aliphatic rings. The number of amidine groups is 1. The minimum Gasteiger partial charge on any atom is -0.409 e. The molecule has 0 amide bonds. The zero-order chi connectivity index (χ0) is 13.5. The van der Waals surface area contributed by atoms with Crippen molar-refractivity contribution in [3.63, 3.8) is 0 Å². The Morgan fingerprint density at radius 1 is 1.50 bits per heavy atom. The van der Waals surface area contributed by atoms with Crippen LogP contribution in [0.4, 0.5) is 4.39 Å². The van der Waals surface area contributed by atoms with Crippen LogP contribution in [0.1, 0.15) is 18.1 Å². The van der Waals surface area contributed by atoms with Crippen molar-refractivity contribution in [2.24, 2.45) is 10.9 Å². The van der Waals surface area contributed by atoms with Crippen molar-refractivity contribution in [1.29, 1.82) is 0 Å². The summed E-state index contributed by atoms with van der Waals surface area (Å²) in [6, 6.07) is 4.14. The van der Waals surface area contributed by atoms with Gasteiger partial charge in [0.25, 0.3) is 0 Å². The molecule has 1 atom stereocenters. The molecule has 0 spiro atoms. The van der Waals surface area contributed by atoms with Crippen LogP contribution in [0.5, 0.6) is 0 Å². The maximum absolute atomic E-state index is 13.3. The molecule has 0 fully saturated rings. The highest BCUT2D eigenvalue weighted by molar-refractivity contribution is 5.97. The largest absolute Gasteiger partial charge is 0.409 e. The van der Waals surface area contributed by atoms with E-state index in [0.29, 0.717) is 17.7 Å². The molecule has 0 aliphatic heterocycles. The first-order chi connectivity index (χ1) is 8.56. The molecule has 1 rings (SSSR count). The average Bonchev–Trinajstić information content (AvgIpc) is 2.35. The molecule has 5 nitrogen and oxygen atoms in total. The number of rotatable bonds is 6. The van der Waals surface area contributed by atoms with Crippen LogP contribution in [0.2, 0.25) is 0 Å². The molecule has 1 aromatic carbocycles. The van der Waals surface area contributed by atoms with Gasteiger partial charge in [-0.2, -0.15) is 0 Å². The van der Waals surface area contributed by atoms with Gasteiger partial charge in [0, 0.05) is 12.7 Å². The Balaban J connectivity index is 2.74. The van der Waals surface area contributed by atoms with E-state index in [1.807, 2.05) is 6.92 Å². The molecule has 0 saturated carbocycles. The van der Waals surface area contributed by atoms with Crippen molar-refractivity contribution in [3.05, 3.63) is 35.1 Å². The van der Waals surface area contributed by atoms with Crippen LogP contribution in [0.25, 0.3) is 0 Å². The van der Waals surface area contributed by atoms with Gasteiger partial charge in [-0.25, -0.2) is 4.39 Å². The summed E-state index contributed by atoms with van der Waals surface area (Å²) in [6.45, 7) is 2.55. The van der Waals surface area contributed by atoms with E-state index in [1.165, 1.54) is 12.1 Å². The first kappa shape index (κ1) is 14.4. The molecule has 100 valence electrons. The van der Waals surface area contributed by atoms with E-state index in [1.54, 1.807) is 13.2 Å². The molecule has 0 aliphatic carbocycles. The molecule has 6 heteroatoms. The normalized spacial score (nSPS) is 13.6. The standard InChI is InChI=1S/C12H17FN2O3/c1-8(6-17-2)18-7-9-3-10(12(14)15-16)5-11(13)4-9/h3-5,8,16H,6-7H2,1-2H3,(H2,14,15). The van der Waals surface area contributed by atoms with Crippen molar-refractivity contribution in [2.45, 2.75) is 19.6 Å². The van der Waals surface area contributed by atoms with E-state index in [2.05, 4.69) is 5.16 Å². The van der Waals surface area contributed by atoms with Crippen LogP contribution < -0.4 is 5.73 Å². The van der Waals surface area contributed by atoms with Gasteiger partial charge in [0.05, 0.1) is 19.3 Å². The number of nitrogens with two attached hydrogens (primary N) is 1. The van der Waals surface area contributed by atoms with E-state index in [4.69, 9.17) is 20.4 Å². The lowest BCUT2D eigenvalue weighted by molar-refractivity contribution is -0.000207. The summed E-state index contributed by atoms with van der Waals surface area (Å²) in [6.07, 6.45) is -0.0921. The van der Waals surface area contributed by atoms with Gasteiger partial charge in [-0.1, -0.05) is 5.16 Å². The summed E-state index contributed by atoms with van der Waals surface area (Å²) < 4.78 is 23.7. The summed E-state index contributed by atoms with van der Waals surface area (Å²) in [7, 11) is 1.58. The van der Waals surface area contributed by atoms with Crippen LogP contribution in [-0.4, -0.2) is 30.9 Å². The van der Waals surface area contributed by atoms with Gasteiger partial charge in [0.15, 0.2) is 5.84 Å². The van der Waals surface area contributed by atoms with Gasteiger partial charge in [0.2, 0.25) is 0 Å². The number of methoxy groups -OCH3 is 1. The predicted octanol–water partition coefficient (Wildman–Crippen LogP) is 1.47. The monoisotopic (exact) mass is 256 g/mol. The predicted molar refractivity (Wildman–Crippen MR) is 65.0 cm³/mol. The zero-order valence-corrected chi connectivity index (χ0v) is 10.4. The van der Waals surface area contributed by atoms with Gasteiger partial charge >= 0.3 is 0 Å². The average molecular weight is 256 g/mol. The Bertz CT molecular complexity index is 424. The van der Waals surface area contributed by atoms with Crippen molar-refractivity contribution >= 4 is 5.84 Å².